The second-order valence-electron chi connectivity index (χ2n) is 10.8. The molecule has 0 fully saturated rings. The second-order valence-corrected chi connectivity index (χ2v) is 13.1. The SMILES string of the molecule is CC[C@@H](C(=O)NC(C)(C)C)N(Cc1cccc(OC)c1)C(=O)CN(c1ccc(Cl)cc1C)S(=O)(=O)c1ccccc1. The van der Waals surface area contributed by atoms with E-state index in [9.17, 15) is 18.0 Å². The standard InChI is InChI=1S/C31H38ClN3O5S/c1-7-27(30(37)33-31(3,4)5)34(20-23-12-11-13-25(19-23)40-6)29(36)21-35(28-17-16-24(32)18-22(28)2)41(38,39)26-14-9-8-10-15-26/h8-19,27H,7,20-21H2,1-6H3,(H,33,37)/t27-/m0/s1. The highest BCUT2D eigenvalue weighted by Gasteiger charge is 2.35. The molecule has 10 heteroatoms. The molecule has 3 rings (SSSR count). The van der Waals surface area contributed by atoms with Gasteiger partial charge in [0.05, 0.1) is 17.7 Å². The van der Waals surface area contributed by atoms with Gasteiger partial charge in [0.15, 0.2) is 0 Å². The van der Waals surface area contributed by atoms with E-state index >= 15 is 0 Å². The van der Waals surface area contributed by atoms with Crippen molar-refractivity contribution in [3.8, 4) is 5.75 Å². The largest absolute Gasteiger partial charge is 0.497 e. The molecule has 0 unspecified atom stereocenters. The number of aryl methyl sites for hydroxylation is 1. The van der Waals surface area contributed by atoms with Crippen LogP contribution in [-0.4, -0.2) is 50.4 Å². The maximum Gasteiger partial charge on any atom is 0.264 e. The Hall–Kier alpha value is -3.56. The lowest BCUT2D eigenvalue weighted by atomic mass is 10.1. The fraction of sp³-hybridized carbons (Fsp3) is 0.355. The zero-order valence-electron chi connectivity index (χ0n) is 24.3. The van der Waals surface area contributed by atoms with E-state index in [0.29, 0.717) is 28.4 Å². The molecule has 220 valence electrons. The predicted molar refractivity (Wildman–Crippen MR) is 163 cm³/mol. The van der Waals surface area contributed by atoms with Crippen LogP contribution in [0.25, 0.3) is 0 Å². The molecule has 0 aliphatic heterocycles. The zero-order chi connectivity index (χ0) is 30.4. The van der Waals surface area contributed by atoms with Crippen LogP contribution < -0.4 is 14.4 Å². The van der Waals surface area contributed by atoms with Crippen LogP contribution >= 0.6 is 11.6 Å². The third-order valence-electron chi connectivity index (χ3n) is 6.41. The monoisotopic (exact) mass is 599 g/mol. The van der Waals surface area contributed by atoms with E-state index < -0.39 is 34.1 Å². The van der Waals surface area contributed by atoms with Crippen LogP contribution in [-0.2, 0) is 26.2 Å². The van der Waals surface area contributed by atoms with Gasteiger partial charge in [0.1, 0.15) is 18.3 Å². The maximum atomic E-state index is 14.2. The van der Waals surface area contributed by atoms with Crippen molar-refractivity contribution in [3.63, 3.8) is 0 Å². The zero-order valence-corrected chi connectivity index (χ0v) is 25.9. The minimum absolute atomic E-state index is 0.0408. The summed E-state index contributed by atoms with van der Waals surface area (Å²) in [6.45, 7) is 8.70. The topological polar surface area (TPSA) is 96.0 Å². The highest BCUT2D eigenvalue weighted by molar-refractivity contribution is 7.92. The van der Waals surface area contributed by atoms with Crippen molar-refractivity contribution < 1.29 is 22.7 Å². The Labute approximate surface area is 248 Å². The van der Waals surface area contributed by atoms with Crippen molar-refractivity contribution in [2.45, 2.75) is 64.1 Å². The number of hydrogen-bond donors (Lipinski definition) is 1. The van der Waals surface area contributed by atoms with Gasteiger partial charge >= 0.3 is 0 Å². The van der Waals surface area contributed by atoms with Crippen molar-refractivity contribution >= 4 is 39.1 Å². The number of carbonyl (C=O) groups is 2. The Bertz CT molecular complexity index is 1470. The van der Waals surface area contributed by atoms with Gasteiger partial charge in [-0.1, -0.05) is 48.9 Å². The van der Waals surface area contributed by atoms with Gasteiger partial charge in [-0.05, 0) is 87.7 Å². The van der Waals surface area contributed by atoms with Gasteiger partial charge in [-0.25, -0.2) is 8.42 Å². The van der Waals surface area contributed by atoms with Crippen LogP contribution in [0, 0.1) is 6.92 Å². The summed E-state index contributed by atoms with van der Waals surface area (Å²) in [6, 6.07) is 19.1. The summed E-state index contributed by atoms with van der Waals surface area (Å²) in [4.78, 5) is 29.1. The fourth-order valence-corrected chi connectivity index (χ4v) is 6.20. The molecule has 41 heavy (non-hydrogen) atoms. The molecule has 0 bridgehead atoms. The van der Waals surface area contributed by atoms with Crippen molar-refractivity contribution in [2.24, 2.45) is 0 Å². The van der Waals surface area contributed by atoms with Gasteiger partial charge in [-0.15, -0.1) is 0 Å². The number of methoxy groups -OCH3 is 1. The van der Waals surface area contributed by atoms with Crippen LogP contribution in [0.3, 0.4) is 0 Å². The number of sulfonamides is 1. The summed E-state index contributed by atoms with van der Waals surface area (Å²) in [5.41, 5.74) is 1.11. The van der Waals surface area contributed by atoms with E-state index in [0.717, 1.165) is 9.87 Å². The number of ether oxygens (including phenoxy) is 1. The minimum atomic E-state index is -4.16. The molecule has 0 radical (unpaired) electrons. The molecule has 0 saturated heterocycles. The van der Waals surface area contributed by atoms with Gasteiger partial charge in [0.2, 0.25) is 11.8 Å². The molecular formula is C31H38ClN3O5S. The van der Waals surface area contributed by atoms with Crippen molar-refractivity contribution in [1.29, 1.82) is 0 Å². The summed E-state index contributed by atoms with van der Waals surface area (Å²) < 4.78 is 34.4. The molecule has 0 saturated carbocycles. The summed E-state index contributed by atoms with van der Waals surface area (Å²) >= 11 is 6.17. The van der Waals surface area contributed by atoms with E-state index in [2.05, 4.69) is 5.32 Å². The van der Waals surface area contributed by atoms with Gasteiger partial charge in [0.25, 0.3) is 10.0 Å². The third-order valence-corrected chi connectivity index (χ3v) is 8.42. The lowest BCUT2D eigenvalue weighted by molar-refractivity contribution is -0.141. The average molecular weight is 600 g/mol. The number of hydrogen-bond acceptors (Lipinski definition) is 5. The van der Waals surface area contributed by atoms with Crippen LogP contribution in [0.1, 0.15) is 45.2 Å². The number of carbonyl (C=O) groups excluding carboxylic acids is 2. The summed E-state index contributed by atoms with van der Waals surface area (Å²) in [5.74, 6) is -0.249. The quantitative estimate of drug-likeness (QED) is 0.311. The molecule has 3 aromatic rings. The first-order chi connectivity index (χ1) is 19.3. The van der Waals surface area contributed by atoms with Crippen molar-refractivity contribution in [2.75, 3.05) is 18.0 Å². The van der Waals surface area contributed by atoms with Crippen molar-refractivity contribution in [1.82, 2.24) is 10.2 Å². The second kappa shape index (κ2) is 13.4. The molecular weight excluding hydrogens is 562 g/mol. The number of nitrogens with zero attached hydrogens (tertiary/aromatic N) is 2. The normalized spacial score (nSPS) is 12.4. The number of amides is 2. The molecule has 0 spiro atoms. The Morgan fingerprint density at radius 3 is 2.27 bits per heavy atom. The van der Waals surface area contributed by atoms with Gasteiger partial charge in [-0.2, -0.15) is 0 Å². The Morgan fingerprint density at radius 1 is 1.00 bits per heavy atom. The minimum Gasteiger partial charge on any atom is -0.497 e. The third kappa shape index (κ3) is 8.24. The first-order valence-corrected chi connectivity index (χ1v) is 15.2. The number of nitrogens with one attached hydrogen (secondary N) is 1. The molecule has 0 aliphatic rings. The fourth-order valence-electron chi connectivity index (χ4n) is 4.47. The lowest BCUT2D eigenvalue weighted by Crippen LogP contribution is -2.55. The van der Waals surface area contributed by atoms with E-state index in [1.165, 1.54) is 17.0 Å². The Morgan fingerprint density at radius 2 is 1.68 bits per heavy atom. The van der Waals surface area contributed by atoms with Crippen LogP contribution in [0.2, 0.25) is 5.02 Å². The Balaban J connectivity index is 2.10. The number of rotatable bonds is 11. The van der Waals surface area contributed by atoms with Crippen LogP contribution in [0.15, 0.2) is 77.7 Å². The van der Waals surface area contributed by atoms with E-state index in [-0.39, 0.29) is 17.3 Å². The molecule has 1 N–H and O–H groups in total. The summed E-state index contributed by atoms with van der Waals surface area (Å²) in [5, 5.41) is 3.41. The average Bonchev–Trinajstić information content (AvgIpc) is 2.91. The lowest BCUT2D eigenvalue weighted by Gasteiger charge is -2.35. The number of anilines is 1. The highest BCUT2D eigenvalue weighted by Crippen LogP contribution is 2.29. The van der Waals surface area contributed by atoms with E-state index in [4.69, 9.17) is 16.3 Å². The smallest absolute Gasteiger partial charge is 0.264 e. The first kappa shape index (κ1) is 32.0. The molecule has 0 heterocycles. The predicted octanol–water partition coefficient (Wildman–Crippen LogP) is 5.57. The molecule has 2 amide bonds. The first-order valence-electron chi connectivity index (χ1n) is 13.3. The summed E-state index contributed by atoms with van der Waals surface area (Å²) in [6.07, 6.45) is 0.322. The van der Waals surface area contributed by atoms with Gasteiger partial charge in [0, 0.05) is 17.1 Å². The van der Waals surface area contributed by atoms with E-state index in [1.807, 2.05) is 33.8 Å². The molecule has 8 nitrogen and oxygen atoms in total. The van der Waals surface area contributed by atoms with Crippen molar-refractivity contribution in [3.05, 3.63) is 88.9 Å². The molecule has 1 atom stereocenters. The Kier molecular flexibility index (Phi) is 10.4. The van der Waals surface area contributed by atoms with Crippen LogP contribution in [0.4, 0.5) is 5.69 Å². The van der Waals surface area contributed by atoms with Crippen LogP contribution in [0.5, 0.6) is 5.75 Å². The summed E-state index contributed by atoms with van der Waals surface area (Å²) in [7, 11) is -2.61. The number of benzene rings is 3. The van der Waals surface area contributed by atoms with Gasteiger partial charge < -0.3 is 15.0 Å². The molecule has 3 aromatic carbocycles. The number of halogens is 1. The van der Waals surface area contributed by atoms with E-state index in [1.54, 1.807) is 68.6 Å². The maximum absolute atomic E-state index is 14.2. The molecule has 0 aromatic heterocycles. The molecule has 0 aliphatic carbocycles. The highest BCUT2D eigenvalue weighted by atomic mass is 35.5. The van der Waals surface area contributed by atoms with Gasteiger partial charge in [-0.3, -0.25) is 13.9 Å².